The maximum absolute atomic E-state index is 3.60. The monoisotopic (exact) mass is 285 g/mol. The molecule has 0 amide bonds. The average molecular weight is 285 g/mol. The number of rotatable bonds is 6. The van der Waals surface area contributed by atoms with Gasteiger partial charge in [0.15, 0.2) is 0 Å². The fourth-order valence-corrected chi connectivity index (χ4v) is 3.42. The van der Waals surface area contributed by atoms with Crippen molar-refractivity contribution in [3.8, 4) is 0 Å². The minimum atomic E-state index is 0.785. The molecular weight excluding hydrogens is 258 g/mol. The van der Waals surface area contributed by atoms with Crippen molar-refractivity contribution in [2.45, 2.75) is 45.2 Å². The number of piperidine rings is 1. The molecule has 0 spiro atoms. The van der Waals surface area contributed by atoms with Crippen LogP contribution in [-0.4, -0.2) is 35.6 Å². The van der Waals surface area contributed by atoms with Gasteiger partial charge in [-0.2, -0.15) is 0 Å². The van der Waals surface area contributed by atoms with Crippen LogP contribution in [0.25, 0.3) is 10.9 Å². The Morgan fingerprint density at radius 2 is 2.24 bits per heavy atom. The highest BCUT2D eigenvalue weighted by Crippen LogP contribution is 2.17. The summed E-state index contributed by atoms with van der Waals surface area (Å²) < 4.78 is 0. The fraction of sp³-hybridized carbons (Fsp3) is 0.556. The number of hydrogen-bond acceptors (Lipinski definition) is 2. The third kappa shape index (κ3) is 3.66. The Balaban J connectivity index is 1.41. The van der Waals surface area contributed by atoms with Gasteiger partial charge >= 0.3 is 0 Å². The van der Waals surface area contributed by atoms with Gasteiger partial charge in [-0.1, -0.05) is 18.6 Å². The Hall–Kier alpha value is -1.32. The summed E-state index contributed by atoms with van der Waals surface area (Å²) in [6.07, 6.45) is 7.44. The topological polar surface area (TPSA) is 31.1 Å². The molecular formula is C18H27N3. The van der Waals surface area contributed by atoms with Gasteiger partial charge in [0.2, 0.25) is 0 Å². The summed E-state index contributed by atoms with van der Waals surface area (Å²) in [6.45, 7) is 6.97. The van der Waals surface area contributed by atoms with Crippen molar-refractivity contribution in [2.75, 3.05) is 19.6 Å². The SMILES string of the molecule is CC1CCCCN1CCCNCc1cccc2[nH]ccc12. The molecule has 3 heteroatoms. The highest BCUT2D eigenvalue weighted by atomic mass is 15.2. The van der Waals surface area contributed by atoms with Gasteiger partial charge in [-0.25, -0.2) is 0 Å². The van der Waals surface area contributed by atoms with E-state index in [9.17, 15) is 0 Å². The molecule has 1 saturated heterocycles. The largest absolute Gasteiger partial charge is 0.361 e. The number of fused-ring (bicyclic) bond motifs is 1. The molecule has 0 saturated carbocycles. The molecule has 0 aliphatic carbocycles. The minimum Gasteiger partial charge on any atom is -0.361 e. The number of aromatic amines is 1. The first kappa shape index (κ1) is 14.6. The predicted molar refractivity (Wildman–Crippen MR) is 89.5 cm³/mol. The van der Waals surface area contributed by atoms with Crippen LogP contribution < -0.4 is 5.32 Å². The quantitative estimate of drug-likeness (QED) is 0.796. The van der Waals surface area contributed by atoms with Gasteiger partial charge in [0.1, 0.15) is 0 Å². The zero-order valence-electron chi connectivity index (χ0n) is 13.1. The number of aromatic nitrogens is 1. The van der Waals surface area contributed by atoms with Crippen LogP contribution in [0.2, 0.25) is 0 Å². The number of nitrogens with one attached hydrogen (secondary N) is 2. The van der Waals surface area contributed by atoms with E-state index in [1.54, 1.807) is 0 Å². The second-order valence-electron chi connectivity index (χ2n) is 6.27. The second kappa shape index (κ2) is 7.10. The summed E-state index contributed by atoms with van der Waals surface area (Å²) in [6, 6.07) is 9.44. The van der Waals surface area contributed by atoms with E-state index in [1.807, 2.05) is 6.20 Å². The summed E-state index contributed by atoms with van der Waals surface area (Å²) in [5, 5.41) is 4.94. The summed E-state index contributed by atoms with van der Waals surface area (Å²) in [5.41, 5.74) is 2.62. The molecule has 3 rings (SSSR count). The van der Waals surface area contributed by atoms with Gasteiger partial charge in [0.05, 0.1) is 0 Å². The maximum atomic E-state index is 3.60. The summed E-state index contributed by atoms with van der Waals surface area (Å²) >= 11 is 0. The Labute approximate surface area is 127 Å². The molecule has 21 heavy (non-hydrogen) atoms. The number of H-pyrrole nitrogens is 1. The molecule has 3 nitrogen and oxygen atoms in total. The number of benzene rings is 1. The van der Waals surface area contributed by atoms with E-state index in [-0.39, 0.29) is 0 Å². The zero-order valence-corrected chi connectivity index (χ0v) is 13.1. The fourth-order valence-electron chi connectivity index (χ4n) is 3.42. The number of hydrogen-bond donors (Lipinski definition) is 2. The lowest BCUT2D eigenvalue weighted by Crippen LogP contribution is -2.38. The van der Waals surface area contributed by atoms with Crippen molar-refractivity contribution in [1.82, 2.24) is 15.2 Å². The molecule has 1 aromatic carbocycles. The first-order valence-electron chi connectivity index (χ1n) is 8.34. The Morgan fingerprint density at radius 1 is 1.29 bits per heavy atom. The van der Waals surface area contributed by atoms with Crippen LogP contribution in [0.1, 0.15) is 38.2 Å². The molecule has 114 valence electrons. The molecule has 2 N–H and O–H groups in total. The van der Waals surface area contributed by atoms with Crippen LogP contribution in [0.3, 0.4) is 0 Å². The Morgan fingerprint density at radius 3 is 3.14 bits per heavy atom. The van der Waals surface area contributed by atoms with Gasteiger partial charge in [-0.3, -0.25) is 0 Å². The maximum Gasteiger partial charge on any atom is 0.0457 e. The van der Waals surface area contributed by atoms with Gasteiger partial charge in [-0.15, -0.1) is 0 Å². The van der Waals surface area contributed by atoms with Crippen molar-refractivity contribution in [3.63, 3.8) is 0 Å². The smallest absolute Gasteiger partial charge is 0.0457 e. The lowest BCUT2D eigenvalue weighted by molar-refractivity contribution is 0.159. The van der Waals surface area contributed by atoms with Crippen molar-refractivity contribution in [1.29, 1.82) is 0 Å². The molecule has 2 heterocycles. The van der Waals surface area contributed by atoms with Crippen LogP contribution in [0.4, 0.5) is 0 Å². The highest BCUT2D eigenvalue weighted by molar-refractivity contribution is 5.82. The number of nitrogens with zero attached hydrogens (tertiary/aromatic N) is 1. The van der Waals surface area contributed by atoms with E-state index in [0.717, 1.165) is 19.1 Å². The molecule has 0 bridgehead atoms. The molecule has 1 fully saturated rings. The molecule has 0 radical (unpaired) electrons. The van der Waals surface area contributed by atoms with Crippen molar-refractivity contribution in [3.05, 3.63) is 36.0 Å². The van der Waals surface area contributed by atoms with E-state index < -0.39 is 0 Å². The summed E-state index contributed by atoms with van der Waals surface area (Å²) in [5.74, 6) is 0. The third-order valence-electron chi connectivity index (χ3n) is 4.74. The zero-order chi connectivity index (χ0) is 14.5. The first-order chi connectivity index (χ1) is 10.3. The second-order valence-corrected chi connectivity index (χ2v) is 6.27. The Kier molecular flexibility index (Phi) is 4.94. The molecule has 2 aromatic rings. The normalized spacial score (nSPS) is 20.1. The first-order valence-corrected chi connectivity index (χ1v) is 8.34. The van der Waals surface area contributed by atoms with Crippen LogP contribution in [-0.2, 0) is 6.54 Å². The van der Waals surface area contributed by atoms with Crippen molar-refractivity contribution in [2.24, 2.45) is 0 Å². The van der Waals surface area contributed by atoms with Gasteiger partial charge in [0, 0.05) is 29.7 Å². The predicted octanol–water partition coefficient (Wildman–Crippen LogP) is 3.52. The molecule has 1 aliphatic heterocycles. The lowest BCUT2D eigenvalue weighted by Gasteiger charge is -2.33. The lowest BCUT2D eigenvalue weighted by atomic mass is 10.0. The molecule has 1 atom stereocenters. The molecule has 1 aromatic heterocycles. The average Bonchev–Trinajstić information content (AvgIpc) is 2.98. The van der Waals surface area contributed by atoms with Gasteiger partial charge in [-0.05, 0) is 63.5 Å². The van der Waals surface area contributed by atoms with Crippen LogP contribution in [0.15, 0.2) is 30.5 Å². The third-order valence-corrected chi connectivity index (χ3v) is 4.74. The number of likely N-dealkylation sites (tertiary alicyclic amines) is 1. The van der Waals surface area contributed by atoms with Crippen molar-refractivity contribution >= 4 is 10.9 Å². The van der Waals surface area contributed by atoms with Crippen LogP contribution in [0.5, 0.6) is 0 Å². The van der Waals surface area contributed by atoms with E-state index in [2.05, 4.69) is 46.4 Å². The standard InChI is InChI=1S/C18H27N3/c1-15-6-2-3-12-21(15)13-5-10-19-14-16-7-4-8-18-17(16)9-11-20-18/h4,7-9,11,15,19-20H,2-3,5-6,10,12-14H2,1H3. The van der Waals surface area contributed by atoms with E-state index in [0.29, 0.717) is 0 Å². The van der Waals surface area contributed by atoms with Gasteiger partial charge < -0.3 is 15.2 Å². The van der Waals surface area contributed by atoms with E-state index >= 15 is 0 Å². The summed E-state index contributed by atoms with van der Waals surface area (Å²) in [4.78, 5) is 5.93. The van der Waals surface area contributed by atoms with Crippen LogP contribution >= 0.6 is 0 Å². The van der Waals surface area contributed by atoms with E-state index in [1.165, 1.54) is 55.2 Å². The van der Waals surface area contributed by atoms with Crippen LogP contribution in [0, 0.1) is 0 Å². The van der Waals surface area contributed by atoms with Crippen molar-refractivity contribution < 1.29 is 0 Å². The van der Waals surface area contributed by atoms with Gasteiger partial charge in [0.25, 0.3) is 0 Å². The molecule has 1 unspecified atom stereocenters. The summed E-state index contributed by atoms with van der Waals surface area (Å²) in [7, 11) is 0. The molecule has 1 aliphatic rings. The van der Waals surface area contributed by atoms with E-state index in [4.69, 9.17) is 0 Å². The Bertz CT molecular complexity index is 560. The highest BCUT2D eigenvalue weighted by Gasteiger charge is 2.16. The minimum absolute atomic E-state index is 0.785.